The van der Waals surface area contributed by atoms with E-state index in [2.05, 4.69) is 31.1 Å². The monoisotopic (exact) mass is 263 g/mol. The maximum atomic E-state index is 12.3. The molecule has 1 saturated carbocycles. The van der Waals surface area contributed by atoms with Crippen molar-refractivity contribution in [3.05, 3.63) is 22.7 Å². The van der Waals surface area contributed by atoms with E-state index < -0.39 is 0 Å². The Morgan fingerprint density at radius 1 is 1.37 bits per heavy atom. The summed E-state index contributed by atoms with van der Waals surface area (Å²) in [6.07, 6.45) is 8.26. The summed E-state index contributed by atoms with van der Waals surface area (Å²) in [5, 5.41) is 3.34. The fourth-order valence-electron chi connectivity index (χ4n) is 2.68. The number of hydrogen-bond acceptors (Lipinski definition) is 3. The number of hydrogen-bond donors (Lipinski definition) is 1. The molecular formula is C15H25N3O. The molecule has 0 radical (unpaired) electrons. The molecule has 0 saturated heterocycles. The molecule has 0 spiro atoms. The fourth-order valence-corrected chi connectivity index (χ4v) is 2.68. The molecule has 1 fully saturated rings. The van der Waals surface area contributed by atoms with Crippen molar-refractivity contribution in [3.63, 3.8) is 0 Å². The zero-order valence-electron chi connectivity index (χ0n) is 12.2. The Labute approximate surface area is 115 Å². The standard InChI is InChI=1S/C15H25N3O/c1-11(2)10-18-9-8-16-14(15(18)19)17-13-6-4-12(3)5-7-13/h8-9,11-13H,4-7,10H2,1-3H3,(H,16,17). The van der Waals surface area contributed by atoms with Crippen LogP contribution in [0.5, 0.6) is 0 Å². The van der Waals surface area contributed by atoms with Crippen molar-refractivity contribution in [3.8, 4) is 0 Å². The molecular weight excluding hydrogens is 238 g/mol. The van der Waals surface area contributed by atoms with Crippen LogP contribution in [0.25, 0.3) is 0 Å². The van der Waals surface area contributed by atoms with Gasteiger partial charge < -0.3 is 9.88 Å². The number of aromatic nitrogens is 2. The first-order chi connectivity index (χ1) is 9.06. The van der Waals surface area contributed by atoms with E-state index in [9.17, 15) is 4.79 Å². The van der Waals surface area contributed by atoms with Crippen molar-refractivity contribution in [2.24, 2.45) is 11.8 Å². The molecule has 1 aromatic rings. The van der Waals surface area contributed by atoms with Gasteiger partial charge in [0, 0.05) is 25.0 Å². The average molecular weight is 263 g/mol. The minimum absolute atomic E-state index is 0.00909. The van der Waals surface area contributed by atoms with Crippen LogP contribution in [-0.2, 0) is 6.54 Å². The van der Waals surface area contributed by atoms with E-state index in [1.165, 1.54) is 12.8 Å². The molecule has 0 amide bonds. The van der Waals surface area contributed by atoms with Crippen LogP contribution in [0.4, 0.5) is 5.82 Å². The van der Waals surface area contributed by atoms with E-state index in [1.54, 1.807) is 17.0 Å². The molecule has 4 heteroatoms. The molecule has 1 aromatic heterocycles. The second-order valence-electron chi connectivity index (χ2n) is 6.23. The van der Waals surface area contributed by atoms with Crippen molar-refractivity contribution in [2.45, 2.75) is 59.0 Å². The molecule has 4 nitrogen and oxygen atoms in total. The molecule has 19 heavy (non-hydrogen) atoms. The lowest BCUT2D eigenvalue weighted by Gasteiger charge is -2.27. The molecule has 0 unspecified atom stereocenters. The van der Waals surface area contributed by atoms with Gasteiger partial charge in [-0.15, -0.1) is 0 Å². The van der Waals surface area contributed by atoms with E-state index in [4.69, 9.17) is 0 Å². The highest BCUT2D eigenvalue weighted by atomic mass is 16.1. The minimum Gasteiger partial charge on any atom is -0.363 e. The van der Waals surface area contributed by atoms with Crippen LogP contribution >= 0.6 is 0 Å². The molecule has 1 aliphatic carbocycles. The van der Waals surface area contributed by atoms with Crippen LogP contribution in [-0.4, -0.2) is 15.6 Å². The summed E-state index contributed by atoms with van der Waals surface area (Å²) in [6.45, 7) is 7.27. The molecule has 1 heterocycles. The predicted octanol–water partition coefficient (Wildman–Crippen LogP) is 2.89. The average Bonchev–Trinajstić information content (AvgIpc) is 2.36. The third kappa shape index (κ3) is 3.82. The van der Waals surface area contributed by atoms with Crippen molar-refractivity contribution >= 4 is 5.82 Å². The van der Waals surface area contributed by atoms with Gasteiger partial charge in [-0.05, 0) is 37.5 Å². The summed E-state index contributed by atoms with van der Waals surface area (Å²) in [4.78, 5) is 16.5. The van der Waals surface area contributed by atoms with E-state index in [-0.39, 0.29) is 5.56 Å². The Morgan fingerprint density at radius 3 is 2.68 bits per heavy atom. The van der Waals surface area contributed by atoms with Crippen LogP contribution in [0.1, 0.15) is 46.5 Å². The quantitative estimate of drug-likeness (QED) is 0.908. The second-order valence-corrected chi connectivity index (χ2v) is 6.23. The second kappa shape index (κ2) is 6.22. The SMILES string of the molecule is CC(C)Cn1ccnc(NC2CCC(C)CC2)c1=O. The Morgan fingerprint density at radius 2 is 2.05 bits per heavy atom. The van der Waals surface area contributed by atoms with Crippen molar-refractivity contribution in [1.29, 1.82) is 0 Å². The van der Waals surface area contributed by atoms with Crippen LogP contribution in [0, 0.1) is 11.8 Å². The molecule has 0 atom stereocenters. The number of rotatable bonds is 4. The topological polar surface area (TPSA) is 46.9 Å². The van der Waals surface area contributed by atoms with Gasteiger partial charge in [-0.2, -0.15) is 0 Å². The molecule has 0 aliphatic heterocycles. The highest BCUT2D eigenvalue weighted by Gasteiger charge is 2.19. The Balaban J connectivity index is 2.06. The number of anilines is 1. The predicted molar refractivity (Wildman–Crippen MR) is 78.4 cm³/mol. The van der Waals surface area contributed by atoms with Crippen molar-refractivity contribution in [2.75, 3.05) is 5.32 Å². The minimum atomic E-state index is 0.00909. The van der Waals surface area contributed by atoms with Crippen molar-refractivity contribution < 1.29 is 0 Å². The van der Waals surface area contributed by atoms with Gasteiger partial charge in [0.05, 0.1) is 0 Å². The number of nitrogens with one attached hydrogen (secondary N) is 1. The molecule has 106 valence electrons. The Hall–Kier alpha value is -1.32. The van der Waals surface area contributed by atoms with Gasteiger partial charge in [-0.3, -0.25) is 4.79 Å². The number of nitrogens with zero attached hydrogens (tertiary/aromatic N) is 2. The summed E-state index contributed by atoms with van der Waals surface area (Å²) in [5.74, 6) is 1.80. The zero-order chi connectivity index (χ0) is 13.8. The zero-order valence-corrected chi connectivity index (χ0v) is 12.2. The van der Waals surface area contributed by atoms with Gasteiger partial charge in [0.15, 0.2) is 5.82 Å². The van der Waals surface area contributed by atoms with Gasteiger partial charge in [-0.1, -0.05) is 20.8 Å². The fraction of sp³-hybridized carbons (Fsp3) is 0.733. The van der Waals surface area contributed by atoms with E-state index in [0.717, 1.165) is 25.3 Å². The lowest BCUT2D eigenvalue weighted by molar-refractivity contribution is 0.360. The van der Waals surface area contributed by atoms with Crippen LogP contribution in [0.15, 0.2) is 17.2 Å². The van der Waals surface area contributed by atoms with Crippen molar-refractivity contribution in [1.82, 2.24) is 9.55 Å². The normalized spacial score (nSPS) is 23.6. The molecule has 0 aromatic carbocycles. The third-order valence-electron chi connectivity index (χ3n) is 3.83. The first-order valence-corrected chi connectivity index (χ1v) is 7.38. The summed E-state index contributed by atoms with van der Waals surface area (Å²) in [7, 11) is 0. The first-order valence-electron chi connectivity index (χ1n) is 7.38. The molecule has 1 aliphatic rings. The summed E-state index contributed by atoms with van der Waals surface area (Å²) in [5.41, 5.74) is 0.00909. The largest absolute Gasteiger partial charge is 0.363 e. The lowest BCUT2D eigenvalue weighted by atomic mass is 9.87. The van der Waals surface area contributed by atoms with Crippen LogP contribution < -0.4 is 10.9 Å². The van der Waals surface area contributed by atoms with E-state index in [0.29, 0.717) is 17.8 Å². The third-order valence-corrected chi connectivity index (χ3v) is 3.83. The van der Waals surface area contributed by atoms with Gasteiger partial charge in [0.25, 0.3) is 5.56 Å². The van der Waals surface area contributed by atoms with Gasteiger partial charge in [-0.25, -0.2) is 4.98 Å². The summed E-state index contributed by atoms with van der Waals surface area (Å²) < 4.78 is 1.76. The maximum Gasteiger partial charge on any atom is 0.293 e. The lowest BCUT2D eigenvalue weighted by Crippen LogP contribution is -2.32. The highest BCUT2D eigenvalue weighted by Crippen LogP contribution is 2.24. The molecule has 0 bridgehead atoms. The Kier molecular flexibility index (Phi) is 4.61. The van der Waals surface area contributed by atoms with Gasteiger partial charge in [0.2, 0.25) is 0 Å². The van der Waals surface area contributed by atoms with Gasteiger partial charge >= 0.3 is 0 Å². The molecule has 2 rings (SSSR count). The first kappa shape index (κ1) is 14.1. The molecule has 1 N–H and O–H groups in total. The summed E-state index contributed by atoms with van der Waals surface area (Å²) >= 11 is 0. The Bertz CT molecular complexity index is 459. The van der Waals surface area contributed by atoms with Crippen LogP contribution in [0.2, 0.25) is 0 Å². The smallest absolute Gasteiger partial charge is 0.293 e. The van der Waals surface area contributed by atoms with E-state index in [1.807, 2.05) is 0 Å². The van der Waals surface area contributed by atoms with Crippen LogP contribution in [0.3, 0.4) is 0 Å². The van der Waals surface area contributed by atoms with E-state index >= 15 is 0 Å². The van der Waals surface area contributed by atoms with Gasteiger partial charge in [0.1, 0.15) is 0 Å². The summed E-state index contributed by atoms with van der Waals surface area (Å²) in [6, 6.07) is 0.409. The highest BCUT2D eigenvalue weighted by molar-refractivity contribution is 5.32. The maximum absolute atomic E-state index is 12.3.